The van der Waals surface area contributed by atoms with Gasteiger partial charge in [0.1, 0.15) is 5.82 Å². The van der Waals surface area contributed by atoms with Crippen LogP contribution in [-0.4, -0.2) is 29.3 Å². The van der Waals surface area contributed by atoms with Crippen molar-refractivity contribution in [2.75, 3.05) is 6.54 Å². The number of hydrogen-bond donors (Lipinski definition) is 1. The lowest BCUT2D eigenvalue weighted by Gasteiger charge is -2.26. The van der Waals surface area contributed by atoms with E-state index in [0.717, 1.165) is 18.4 Å². The van der Waals surface area contributed by atoms with Gasteiger partial charge in [-0.1, -0.05) is 26.0 Å². The highest BCUT2D eigenvalue weighted by Gasteiger charge is 2.36. The first kappa shape index (κ1) is 17.4. The molecule has 1 aromatic carbocycles. The third-order valence-corrected chi connectivity index (χ3v) is 4.62. The van der Waals surface area contributed by atoms with Crippen LogP contribution >= 0.6 is 0 Å². The quantitative estimate of drug-likeness (QED) is 0.876. The van der Waals surface area contributed by atoms with E-state index in [9.17, 15) is 14.0 Å². The molecule has 0 aromatic heterocycles. The lowest BCUT2D eigenvalue weighted by atomic mass is 10.1. The van der Waals surface area contributed by atoms with Gasteiger partial charge in [0.05, 0.1) is 5.92 Å². The molecule has 1 aliphatic heterocycles. The maximum Gasteiger partial charge on any atom is 0.225 e. The largest absolute Gasteiger partial charge is 0.352 e. The highest BCUT2D eigenvalue weighted by atomic mass is 19.1. The summed E-state index contributed by atoms with van der Waals surface area (Å²) >= 11 is 0. The third kappa shape index (κ3) is 4.09. The topological polar surface area (TPSA) is 49.4 Å². The molecule has 1 aliphatic rings. The maximum atomic E-state index is 13.5. The summed E-state index contributed by atoms with van der Waals surface area (Å²) < 4.78 is 13.5. The monoisotopic (exact) mass is 320 g/mol. The molecule has 1 N–H and O–H groups in total. The Balaban J connectivity index is 1.91. The summed E-state index contributed by atoms with van der Waals surface area (Å²) in [7, 11) is 0. The van der Waals surface area contributed by atoms with E-state index in [1.807, 2.05) is 4.90 Å². The van der Waals surface area contributed by atoms with Crippen LogP contribution in [0, 0.1) is 18.7 Å². The van der Waals surface area contributed by atoms with Crippen LogP contribution in [0.4, 0.5) is 4.39 Å². The van der Waals surface area contributed by atoms with Crippen LogP contribution in [0.2, 0.25) is 0 Å². The predicted molar refractivity (Wildman–Crippen MR) is 87.2 cm³/mol. The zero-order valence-corrected chi connectivity index (χ0v) is 14.1. The average Bonchev–Trinajstić information content (AvgIpc) is 2.91. The van der Waals surface area contributed by atoms with Gasteiger partial charge < -0.3 is 10.2 Å². The summed E-state index contributed by atoms with van der Waals surface area (Å²) in [6.45, 7) is 6.58. The van der Waals surface area contributed by atoms with E-state index < -0.39 is 0 Å². The van der Waals surface area contributed by atoms with Crippen molar-refractivity contribution in [3.8, 4) is 0 Å². The van der Waals surface area contributed by atoms with Gasteiger partial charge in [-0.2, -0.15) is 0 Å². The molecule has 1 unspecified atom stereocenters. The first-order valence-corrected chi connectivity index (χ1v) is 8.28. The number of amides is 2. The standard InChI is InChI=1S/C18H25FN2O2/c1-4-15(5-2)21-11-14(9-17(21)22)18(23)20-10-13-7-6-12(3)16(19)8-13/h6-8,14-15H,4-5,9-11H2,1-3H3,(H,20,23). The van der Waals surface area contributed by atoms with Gasteiger partial charge in [0, 0.05) is 25.6 Å². The Labute approximate surface area is 137 Å². The molecule has 2 rings (SSSR count). The number of nitrogens with zero attached hydrogens (tertiary/aromatic N) is 1. The summed E-state index contributed by atoms with van der Waals surface area (Å²) in [5.41, 5.74) is 1.31. The number of carbonyl (C=O) groups excluding carboxylic acids is 2. The molecule has 0 saturated carbocycles. The Bertz CT molecular complexity index is 584. The van der Waals surface area contributed by atoms with E-state index in [2.05, 4.69) is 19.2 Å². The van der Waals surface area contributed by atoms with Crippen molar-refractivity contribution in [1.82, 2.24) is 10.2 Å². The Morgan fingerprint density at radius 2 is 2.09 bits per heavy atom. The second kappa shape index (κ2) is 7.57. The van der Waals surface area contributed by atoms with E-state index in [4.69, 9.17) is 0 Å². The Hall–Kier alpha value is -1.91. The van der Waals surface area contributed by atoms with Crippen molar-refractivity contribution in [1.29, 1.82) is 0 Å². The number of aryl methyl sites for hydroxylation is 1. The van der Waals surface area contributed by atoms with E-state index >= 15 is 0 Å². The normalized spacial score (nSPS) is 17.9. The van der Waals surface area contributed by atoms with Crippen molar-refractivity contribution in [2.45, 2.75) is 52.6 Å². The minimum atomic E-state index is -0.307. The Kier molecular flexibility index (Phi) is 5.74. The van der Waals surface area contributed by atoms with E-state index in [0.29, 0.717) is 12.1 Å². The van der Waals surface area contributed by atoms with Crippen LogP contribution in [0.25, 0.3) is 0 Å². The highest BCUT2D eigenvalue weighted by molar-refractivity contribution is 5.89. The molecule has 1 heterocycles. The summed E-state index contributed by atoms with van der Waals surface area (Å²) in [5.74, 6) is -0.654. The molecule has 0 radical (unpaired) electrons. The molecule has 1 fully saturated rings. The summed E-state index contributed by atoms with van der Waals surface area (Å²) in [4.78, 5) is 26.2. The van der Waals surface area contributed by atoms with Gasteiger partial charge in [-0.15, -0.1) is 0 Å². The molecule has 1 atom stereocenters. The molecule has 2 amide bonds. The van der Waals surface area contributed by atoms with Crippen LogP contribution in [0.1, 0.15) is 44.2 Å². The summed E-state index contributed by atoms with van der Waals surface area (Å²) in [6.07, 6.45) is 2.07. The van der Waals surface area contributed by atoms with Gasteiger partial charge in [0.2, 0.25) is 11.8 Å². The van der Waals surface area contributed by atoms with Crippen molar-refractivity contribution in [3.05, 3.63) is 35.1 Å². The van der Waals surface area contributed by atoms with Crippen molar-refractivity contribution in [2.24, 2.45) is 5.92 Å². The van der Waals surface area contributed by atoms with Crippen LogP contribution in [0.5, 0.6) is 0 Å². The molecule has 5 heteroatoms. The number of hydrogen-bond acceptors (Lipinski definition) is 2. The molecular weight excluding hydrogens is 295 g/mol. The zero-order valence-electron chi connectivity index (χ0n) is 14.1. The Morgan fingerprint density at radius 3 is 2.70 bits per heavy atom. The fourth-order valence-electron chi connectivity index (χ4n) is 3.07. The van der Waals surface area contributed by atoms with Gasteiger partial charge in [-0.3, -0.25) is 9.59 Å². The molecule has 1 saturated heterocycles. The van der Waals surface area contributed by atoms with Crippen LogP contribution in [0.15, 0.2) is 18.2 Å². The van der Waals surface area contributed by atoms with Crippen LogP contribution in [0.3, 0.4) is 0 Å². The Morgan fingerprint density at radius 1 is 1.39 bits per heavy atom. The van der Waals surface area contributed by atoms with Crippen molar-refractivity contribution < 1.29 is 14.0 Å². The third-order valence-electron chi connectivity index (χ3n) is 4.62. The number of likely N-dealkylation sites (tertiary alicyclic amines) is 1. The molecular formula is C18H25FN2O2. The number of benzene rings is 1. The first-order valence-electron chi connectivity index (χ1n) is 8.28. The average molecular weight is 320 g/mol. The first-order chi connectivity index (χ1) is 11.0. The highest BCUT2D eigenvalue weighted by Crippen LogP contribution is 2.23. The molecule has 126 valence electrons. The van der Waals surface area contributed by atoms with Gasteiger partial charge in [0.25, 0.3) is 0 Å². The van der Waals surface area contributed by atoms with Crippen LogP contribution in [-0.2, 0) is 16.1 Å². The van der Waals surface area contributed by atoms with Crippen LogP contribution < -0.4 is 5.32 Å². The van der Waals surface area contributed by atoms with Gasteiger partial charge in [-0.05, 0) is 37.0 Å². The number of rotatable bonds is 6. The summed E-state index contributed by atoms with van der Waals surface area (Å²) in [5, 5.41) is 2.82. The predicted octanol–water partition coefficient (Wildman–Crippen LogP) is 2.79. The lowest BCUT2D eigenvalue weighted by Crippen LogP contribution is -2.37. The molecule has 4 nitrogen and oxygen atoms in total. The SMILES string of the molecule is CCC(CC)N1CC(C(=O)NCc2ccc(C)c(F)c2)CC1=O. The maximum absolute atomic E-state index is 13.5. The fraction of sp³-hybridized carbons (Fsp3) is 0.556. The second-order valence-corrected chi connectivity index (χ2v) is 6.22. The second-order valence-electron chi connectivity index (χ2n) is 6.22. The van der Waals surface area contributed by atoms with E-state index in [1.165, 1.54) is 6.07 Å². The fourth-order valence-corrected chi connectivity index (χ4v) is 3.07. The number of halogens is 1. The van der Waals surface area contributed by atoms with Crippen molar-refractivity contribution >= 4 is 11.8 Å². The number of nitrogens with one attached hydrogen (secondary N) is 1. The molecule has 0 bridgehead atoms. The minimum Gasteiger partial charge on any atom is -0.352 e. The summed E-state index contributed by atoms with van der Waals surface area (Å²) in [6, 6.07) is 5.15. The zero-order chi connectivity index (χ0) is 17.0. The molecule has 1 aromatic rings. The minimum absolute atomic E-state index is 0.0558. The van der Waals surface area contributed by atoms with Gasteiger partial charge in [0.15, 0.2) is 0 Å². The number of carbonyl (C=O) groups is 2. The molecule has 0 aliphatic carbocycles. The lowest BCUT2D eigenvalue weighted by molar-refractivity contribution is -0.130. The van der Waals surface area contributed by atoms with Crippen molar-refractivity contribution in [3.63, 3.8) is 0 Å². The van der Waals surface area contributed by atoms with E-state index in [1.54, 1.807) is 19.1 Å². The smallest absolute Gasteiger partial charge is 0.225 e. The molecule has 23 heavy (non-hydrogen) atoms. The van der Waals surface area contributed by atoms with Gasteiger partial charge in [-0.25, -0.2) is 4.39 Å². The van der Waals surface area contributed by atoms with Gasteiger partial charge >= 0.3 is 0 Å². The van der Waals surface area contributed by atoms with E-state index in [-0.39, 0.29) is 42.6 Å². The molecule has 0 spiro atoms.